The van der Waals surface area contributed by atoms with Crippen LogP contribution in [0.2, 0.25) is 0 Å². The number of methoxy groups -OCH3 is 1. The standard InChI is InChI=1S/C25H20N4O3/c1-32-25(31)22-26-23-21(18-12-6-3-7-13-18)28(16-17-10-4-2-5-11-17)24(30)19-14-8-9-15-20(19)29(23)27-22/h2-15,21H,16H2,1H3. The zero-order chi connectivity index (χ0) is 22.1. The lowest BCUT2D eigenvalue weighted by Gasteiger charge is -2.30. The summed E-state index contributed by atoms with van der Waals surface area (Å²) >= 11 is 0. The summed E-state index contributed by atoms with van der Waals surface area (Å²) in [7, 11) is 1.29. The Kier molecular flexibility index (Phi) is 4.99. The van der Waals surface area contributed by atoms with Gasteiger partial charge in [0.05, 0.1) is 18.4 Å². The largest absolute Gasteiger partial charge is 0.463 e. The van der Waals surface area contributed by atoms with Gasteiger partial charge in [0.1, 0.15) is 6.04 Å². The zero-order valence-electron chi connectivity index (χ0n) is 17.4. The highest BCUT2D eigenvalue weighted by molar-refractivity contribution is 5.99. The molecule has 0 saturated heterocycles. The number of carbonyl (C=O) groups excluding carboxylic acids is 2. The minimum atomic E-state index is -0.629. The first-order chi connectivity index (χ1) is 15.7. The topological polar surface area (TPSA) is 77.3 Å². The fourth-order valence-electron chi connectivity index (χ4n) is 4.01. The van der Waals surface area contributed by atoms with Crippen molar-refractivity contribution in [1.82, 2.24) is 19.7 Å². The number of rotatable bonds is 4. The fourth-order valence-corrected chi connectivity index (χ4v) is 4.01. The molecule has 0 N–H and O–H groups in total. The molecule has 7 nitrogen and oxygen atoms in total. The molecule has 1 unspecified atom stereocenters. The summed E-state index contributed by atoms with van der Waals surface area (Å²) in [6.45, 7) is 0.369. The molecule has 3 aromatic carbocycles. The van der Waals surface area contributed by atoms with Gasteiger partial charge in [-0.15, -0.1) is 5.10 Å². The lowest BCUT2D eigenvalue weighted by atomic mass is 10.0. The van der Waals surface area contributed by atoms with Gasteiger partial charge in [0.15, 0.2) is 5.82 Å². The molecular weight excluding hydrogens is 404 g/mol. The van der Waals surface area contributed by atoms with Crippen LogP contribution >= 0.6 is 0 Å². The van der Waals surface area contributed by atoms with Crippen molar-refractivity contribution < 1.29 is 14.3 Å². The molecule has 0 spiro atoms. The molecule has 0 aliphatic carbocycles. The Hall–Kier alpha value is -4.26. The summed E-state index contributed by atoms with van der Waals surface area (Å²) in [6.07, 6.45) is 0. The molecule has 32 heavy (non-hydrogen) atoms. The summed E-state index contributed by atoms with van der Waals surface area (Å²) in [6, 6.07) is 26.1. The average molecular weight is 424 g/mol. The maximum absolute atomic E-state index is 13.8. The first-order valence-electron chi connectivity index (χ1n) is 10.2. The third kappa shape index (κ3) is 3.33. The highest BCUT2D eigenvalue weighted by Crippen LogP contribution is 2.36. The van der Waals surface area contributed by atoms with Crippen molar-refractivity contribution in [2.75, 3.05) is 7.11 Å². The van der Waals surface area contributed by atoms with Crippen molar-refractivity contribution in [2.45, 2.75) is 12.6 Å². The molecule has 1 amide bonds. The molecule has 4 aromatic rings. The predicted molar refractivity (Wildman–Crippen MR) is 117 cm³/mol. The molecule has 158 valence electrons. The number of benzene rings is 3. The molecule has 7 heteroatoms. The van der Waals surface area contributed by atoms with Crippen LogP contribution in [0, 0.1) is 0 Å². The molecule has 0 bridgehead atoms. The van der Waals surface area contributed by atoms with Crippen molar-refractivity contribution in [3.8, 4) is 5.69 Å². The Morgan fingerprint density at radius 2 is 1.59 bits per heavy atom. The number of nitrogens with zero attached hydrogens (tertiary/aromatic N) is 4. The first kappa shape index (κ1) is 19.7. The minimum Gasteiger partial charge on any atom is -0.463 e. The maximum atomic E-state index is 13.8. The summed E-state index contributed by atoms with van der Waals surface area (Å²) in [4.78, 5) is 32.4. The lowest BCUT2D eigenvalue weighted by molar-refractivity contribution is 0.0586. The normalized spacial score (nSPS) is 15.0. The van der Waals surface area contributed by atoms with Gasteiger partial charge < -0.3 is 9.64 Å². The van der Waals surface area contributed by atoms with Gasteiger partial charge in [-0.2, -0.15) is 0 Å². The van der Waals surface area contributed by atoms with E-state index in [1.807, 2.05) is 72.8 Å². The van der Waals surface area contributed by atoms with E-state index < -0.39 is 12.0 Å². The highest BCUT2D eigenvalue weighted by atomic mass is 16.5. The van der Waals surface area contributed by atoms with E-state index in [0.717, 1.165) is 11.1 Å². The molecule has 2 heterocycles. The fraction of sp³-hybridized carbons (Fsp3) is 0.120. The molecule has 0 fully saturated rings. The SMILES string of the molecule is COC(=O)c1nc2n(n1)-c1ccccc1C(=O)N(Cc1ccccc1)C2c1ccccc1. The van der Waals surface area contributed by atoms with E-state index in [-0.39, 0.29) is 11.7 Å². The summed E-state index contributed by atoms with van der Waals surface area (Å²) in [5, 5.41) is 4.43. The van der Waals surface area contributed by atoms with Crippen LogP contribution in [0.3, 0.4) is 0 Å². The van der Waals surface area contributed by atoms with Gasteiger partial charge in [0.25, 0.3) is 11.7 Å². The van der Waals surface area contributed by atoms with Crippen molar-refractivity contribution in [3.63, 3.8) is 0 Å². The Balaban J connectivity index is 1.77. The number of carbonyl (C=O) groups is 2. The maximum Gasteiger partial charge on any atom is 0.377 e. The minimum absolute atomic E-state index is 0.0488. The van der Waals surface area contributed by atoms with Gasteiger partial charge >= 0.3 is 5.97 Å². The van der Waals surface area contributed by atoms with Gasteiger partial charge in [-0.1, -0.05) is 72.8 Å². The molecule has 0 saturated carbocycles. The van der Waals surface area contributed by atoms with Gasteiger partial charge in [0.2, 0.25) is 0 Å². The quantitative estimate of drug-likeness (QED) is 0.466. The average Bonchev–Trinajstić information content (AvgIpc) is 3.25. The van der Waals surface area contributed by atoms with Crippen molar-refractivity contribution in [1.29, 1.82) is 0 Å². The smallest absolute Gasteiger partial charge is 0.377 e. The van der Waals surface area contributed by atoms with Crippen LogP contribution in [0.25, 0.3) is 5.69 Å². The zero-order valence-corrected chi connectivity index (χ0v) is 17.4. The van der Waals surface area contributed by atoms with Crippen LogP contribution in [0.4, 0.5) is 0 Å². The first-order valence-corrected chi connectivity index (χ1v) is 10.2. The van der Waals surface area contributed by atoms with E-state index in [4.69, 9.17) is 4.74 Å². The van der Waals surface area contributed by atoms with E-state index in [0.29, 0.717) is 23.6 Å². The van der Waals surface area contributed by atoms with E-state index in [1.54, 1.807) is 21.7 Å². The van der Waals surface area contributed by atoms with Crippen molar-refractivity contribution >= 4 is 11.9 Å². The second-order valence-electron chi connectivity index (χ2n) is 7.45. The number of esters is 1. The Morgan fingerprint density at radius 3 is 2.31 bits per heavy atom. The number of hydrogen-bond acceptors (Lipinski definition) is 5. The van der Waals surface area contributed by atoms with Crippen LogP contribution < -0.4 is 0 Å². The van der Waals surface area contributed by atoms with Crippen LogP contribution in [0.5, 0.6) is 0 Å². The summed E-state index contributed by atoms with van der Waals surface area (Å²) in [5.74, 6) is -0.334. The Bertz CT molecular complexity index is 1290. The van der Waals surface area contributed by atoms with E-state index >= 15 is 0 Å². The predicted octanol–water partition coefficient (Wildman–Crippen LogP) is 3.80. The van der Waals surface area contributed by atoms with Gasteiger partial charge in [-0.25, -0.2) is 14.5 Å². The van der Waals surface area contributed by atoms with Gasteiger partial charge in [0, 0.05) is 6.54 Å². The second kappa shape index (κ2) is 8.11. The van der Waals surface area contributed by atoms with Gasteiger partial charge in [-0.05, 0) is 23.3 Å². The number of hydrogen-bond donors (Lipinski definition) is 0. The van der Waals surface area contributed by atoms with Crippen molar-refractivity contribution in [2.24, 2.45) is 0 Å². The molecule has 1 aliphatic rings. The molecular formula is C25H20N4O3. The Morgan fingerprint density at radius 1 is 0.938 bits per heavy atom. The highest BCUT2D eigenvalue weighted by Gasteiger charge is 2.37. The number of fused-ring (bicyclic) bond motifs is 3. The molecule has 1 atom stereocenters. The number of ether oxygens (including phenoxy) is 1. The van der Waals surface area contributed by atoms with E-state index in [9.17, 15) is 9.59 Å². The van der Waals surface area contributed by atoms with E-state index in [1.165, 1.54) is 7.11 Å². The van der Waals surface area contributed by atoms with Gasteiger partial charge in [-0.3, -0.25) is 4.79 Å². The number of amides is 1. The molecule has 1 aromatic heterocycles. The molecule has 1 aliphatic heterocycles. The van der Waals surface area contributed by atoms with Crippen LogP contribution in [0.1, 0.15) is 44.0 Å². The summed E-state index contributed by atoms with van der Waals surface area (Å²) in [5.41, 5.74) is 2.92. The number of aromatic nitrogens is 3. The van der Waals surface area contributed by atoms with E-state index in [2.05, 4.69) is 10.1 Å². The van der Waals surface area contributed by atoms with Crippen LogP contribution in [-0.4, -0.2) is 38.7 Å². The third-order valence-electron chi connectivity index (χ3n) is 5.49. The summed E-state index contributed by atoms with van der Waals surface area (Å²) < 4.78 is 6.45. The molecule has 5 rings (SSSR count). The molecule has 0 radical (unpaired) electrons. The lowest BCUT2D eigenvalue weighted by Crippen LogP contribution is -2.34. The van der Waals surface area contributed by atoms with Crippen molar-refractivity contribution in [3.05, 3.63) is 113 Å². The number of para-hydroxylation sites is 1. The van der Waals surface area contributed by atoms with Crippen LogP contribution in [-0.2, 0) is 11.3 Å². The third-order valence-corrected chi connectivity index (χ3v) is 5.49. The van der Waals surface area contributed by atoms with Crippen LogP contribution in [0.15, 0.2) is 84.9 Å². The monoisotopic (exact) mass is 424 g/mol. The second-order valence-corrected chi connectivity index (χ2v) is 7.45. The Labute approximate surface area is 184 Å².